The Morgan fingerprint density at radius 1 is 0.611 bits per heavy atom. The van der Waals surface area contributed by atoms with Gasteiger partial charge in [-0.25, -0.2) is 9.98 Å². The van der Waals surface area contributed by atoms with E-state index in [1.54, 1.807) is 7.11 Å². The minimum atomic E-state index is 0.680. The van der Waals surface area contributed by atoms with Crippen molar-refractivity contribution in [3.05, 3.63) is 142 Å². The van der Waals surface area contributed by atoms with Crippen molar-refractivity contribution in [1.29, 1.82) is 0 Å². The lowest BCUT2D eigenvalue weighted by molar-refractivity contribution is 0.399. The lowest BCUT2D eigenvalue weighted by Crippen LogP contribution is -2.15. The molecule has 2 aromatic heterocycles. The number of H-pyrrole nitrogens is 2. The molecular formula is C31H22N4O. The van der Waals surface area contributed by atoms with Gasteiger partial charge in [-0.3, -0.25) is 0 Å². The zero-order chi connectivity index (χ0) is 24.1. The van der Waals surface area contributed by atoms with Crippen LogP contribution in [0.15, 0.2) is 119 Å². The number of rotatable bonds is 3. The maximum absolute atomic E-state index is 5.79. The first kappa shape index (κ1) is 20.5. The van der Waals surface area contributed by atoms with Crippen LogP contribution in [0.2, 0.25) is 0 Å². The summed E-state index contributed by atoms with van der Waals surface area (Å²) in [5.41, 5.74) is 9.61. The predicted molar refractivity (Wildman–Crippen MR) is 144 cm³/mol. The van der Waals surface area contributed by atoms with Crippen LogP contribution in [0.25, 0.3) is 16.8 Å². The number of benzene rings is 2. The first-order chi connectivity index (χ1) is 17.8. The van der Waals surface area contributed by atoms with E-state index in [2.05, 4.69) is 82.8 Å². The second-order valence-corrected chi connectivity index (χ2v) is 8.83. The van der Waals surface area contributed by atoms with E-state index in [-0.39, 0.29) is 0 Å². The van der Waals surface area contributed by atoms with Crippen molar-refractivity contribution in [3.63, 3.8) is 0 Å². The largest absolute Gasteiger partial charge is 0.482 e. The molecule has 0 atom stereocenters. The molecule has 5 heterocycles. The van der Waals surface area contributed by atoms with Crippen molar-refractivity contribution >= 4 is 28.3 Å². The van der Waals surface area contributed by atoms with Gasteiger partial charge in [0.05, 0.1) is 46.5 Å². The Bertz CT molecular complexity index is 1790. The van der Waals surface area contributed by atoms with Gasteiger partial charge in [0.1, 0.15) is 0 Å². The van der Waals surface area contributed by atoms with E-state index in [4.69, 9.17) is 14.7 Å². The number of ether oxygens (including phenoxy) is 1. The lowest BCUT2D eigenvalue weighted by Gasteiger charge is -2.08. The fourth-order valence-electron chi connectivity index (χ4n) is 5.01. The third-order valence-corrected chi connectivity index (χ3v) is 6.68. The van der Waals surface area contributed by atoms with Gasteiger partial charge >= 0.3 is 0 Å². The molecule has 3 aliphatic rings. The van der Waals surface area contributed by atoms with Gasteiger partial charge < -0.3 is 14.7 Å². The summed E-state index contributed by atoms with van der Waals surface area (Å²) in [4.78, 5) is 17.2. The molecule has 0 aliphatic carbocycles. The summed E-state index contributed by atoms with van der Waals surface area (Å²) in [6, 6.07) is 27.0. The van der Waals surface area contributed by atoms with Gasteiger partial charge in [-0.05, 0) is 53.6 Å². The standard InChI is InChI=1S/C31H22N4O/c1-36-31-21-18-28(35-31)30(20-10-6-3-7-11-20)27-17-14-24(34-27)23-13-16-26(33-23)29(19-8-4-2-5-9-19)25-15-12-22(21)32-25/h2-18,34-35H,1H3. The summed E-state index contributed by atoms with van der Waals surface area (Å²) in [6.07, 6.45) is 8.24. The number of nitrogens with zero attached hydrogens (tertiary/aromatic N) is 2. The van der Waals surface area contributed by atoms with Gasteiger partial charge in [0, 0.05) is 16.5 Å². The molecule has 5 nitrogen and oxygen atoms in total. The Balaban J connectivity index is 1.59. The third-order valence-electron chi connectivity index (χ3n) is 6.68. The van der Waals surface area contributed by atoms with Crippen molar-refractivity contribution < 1.29 is 4.74 Å². The Morgan fingerprint density at radius 3 is 2.00 bits per heavy atom. The Labute approximate surface area is 207 Å². The van der Waals surface area contributed by atoms with Crippen LogP contribution in [0, 0.1) is 0 Å². The van der Waals surface area contributed by atoms with Gasteiger partial charge in [0.15, 0.2) is 0 Å². The molecule has 5 heteroatoms. The van der Waals surface area contributed by atoms with E-state index in [0.29, 0.717) is 5.88 Å². The van der Waals surface area contributed by atoms with E-state index >= 15 is 0 Å². The van der Waals surface area contributed by atoms with Crippen molar-refractivity contribution in [2.24, 2.45) is 9.98 Å². The molecule has 7 rings (SSSR count). The average Bonchev–Trinajstić information content (AvgIpc) is 3.72. The van der Waals surface area contributed by atoms with Crippen LogP contribution >= 0.6 is 0 Å². The third kappa shape index (κ3) is 3.25. The number of aromatic amines is 2. The average molecular weight is 467 g/mol. The fraction of sp³-hybridized carbons (Fsp3) is 0.0323. The van der Waals surface area contributed by atoms with Crippen LogP contribution in [0.1, 0.15) is 22.4 Å². The van der Waals surface area contributed by atoms with E-state index in [1.165, 1.54) is 0 Å². The summed E-state index contributed by atoms with van der Waals surface area (Å²) in [5.74, 6) is 0.680. The number of hydrogen-bond donors (Lipinski definition) is 2. The van der Waals surface area contributed by atoms with Crippen molar-refractivity contribution in [3.8, 4) is 5.88 Å². The summed E-state index contributed by atoms with van der Waals surface area (Å²) in [7, 11) is 1.68. The van der Waals surface area contributed by atoms with Gasteiger partial charge in [-0.2, -0.15) is 0 Å². The topological polar surface area (TPSA) is 65.5 Å². The minimum absolute atomic E-state index is 0.680. The molecule has 0 unspecified atom stereocenters. The van der Waals surface area contributed by atoms with Gasteiger partial charge in [0.25, 0.3) is 0 Å². The molecule has 0 amide bonds. The highest BCUT2D eigenvalue weighted by molar-refractivity contribution is 6.33. The van der Waals surface area contributed by atoms with E-state index in [1.807, 2.05) is 30.3 Å². The molecule has 36 heavy (non-hydrogen) atoms. The highest BCUT2D eigenvalue weighted by atomic mass is 16.5. The quantitative estimate of drug-likeness (QED) is 0.459. The van der Waals surface area contributed by atoms with Gasteiger partial charge in [0.2, 0.25) is 5.88 Å². The van der Waals surface area contributed by atoms with E-state index < -0.39 is 0 Å². The highest BCUT2D eigenvalue weighted by Gasteiger charge is 2.23. The van der Waals surface area contributed by atoms with Crippen LogP contribution in [0.5, 0.6) is 5.88 Å². The number of fused-ring (bicyclic) bond motifs is 7. The molecular weight excluding hydrogens is 444 g/mol. The van der Waals surface area contributed by atoms with E-state index in [9.17, 15) is 0 Å². The first-order valence-electron chi connectivity index (χ1n) is 11.9. The molecule has 0 saturated heterocycles. The number of methoxy groups -OCH3 is 1. The maximum Gasteiger partial charge on any atom is 0.200 e. The van der Waals surface area contributed by atoms with Crippen LogP contribution in [-0.2, 0) is 0 Å². The molecule has 0 fully saturated rings. The lowest BCUT2D eigenvalue weighted by atomic mass is 9.99. The molecule has 3 aliphatic heterocycles. The van der Waals surface area contributed by atoms with Crippen molar-refractivity contribution in [2.45, 2.75) is 0 Å². The second kappa shape index (κ2) is 8.10. The number of allylic oxidation sites excluding steroid dienone is 4. The predicted octanol–water partition coefficient (Wildman–Crippen LogP) is 4.50. The second-order valence-electron chi connectivity index (χ2n) is 8.83. The Hall–Kier alpha value is -4.90. The summed E-state index contributed by atoms with van der Waals surface area (Å²) in [6.45, 7) is 0. The molecule has 8 bridgehead atoms. The van der Waals surface area contributed by atoms with Gasteiger partial charge in [-0.15, -0.1) is 0 Å². The smallest absolute Gasteiger partial charge is 0.200 e. The fourth-order valence-corrected chi connectivity index (χ4v) is 5.01. The molecule has 172 valence electrons. The van der Waals surface area contributed by atoms with Crippen LogP contribution in [-0.4, -0.2) is 28.5 Å². The molecule has 0 radical (unpaired) electrons. The SMILES string of the molecule is COc1[nH]c2cc1C1=NC(=C(c3ccccc3)C3=NC(=c4ccc([nH]4)=C2c2ccccc2)C=C3)C=C1. The van der Waals surface area contributed by atoms with Crippen LogP contribution in [0.4, 0.5) is 0 Å². The molecule has 2 N–H and O–H groups in total. The molecule has 0 saturated carbocycles. The van der Waals surface area contributed by atoms with Crippen molar-refractivity contribution in [1.82, 2.24) is 9.97 Å². The van der Waals surface area contributed by atoms with Crippen LogP contribution in [0.3, 0.4) is 0 Å². The monoisotopic (exact) mass is 466 g/mol. The zero-order valence-electron chi connectivity index (χ0n) is 19.6. The summed E-state index contributed by atoms with van der Waals surface area (Å²) < 4.78 is 5.79. The number of nitrogens with one attached hydrogen (secondary N) is 2. The Morgan fingerprint density at radius 2 is 1.25 bits per heavy atom. The number of aliphatic imine (C=N–C) groups is 2. The van der Waals surface area contributed by atoms with E-state index in [0.717, 1.165) is 67.0 Å². The Kier molecular flexibility index (Phi) is 4.61. The molecule has 2 aromatic carbocycles. The number of hydrogen-bond acceptors (Lipinski definition) is 3. The normalized spacial score (nSPS) is 15.8. The minimum Gasteiger partial charge on any atom is -0.482 e. The zero-order valence-corrected chi connectivity index (χ0v) is 19.6. The number of aromatic nitrogens is 2. The van der Waals surface area contributed by atoms with Crippen LogP contribution < -0.4 is 15.4 Å². The first-order valence-corrected chi connectivity index (χ1v) is 11.9. The molecule has 4 aromatic rings. The summed E-state index contributed by atoms with van der Waals surface area (Å²) in [5, 5.41) is 1.96. The molecule has 0 spiro atoms. The van der Waals surface area contributed by atoms with Crippen molar-refractivity contribution in [2.75, 3.05) is 7.11 Å². The maximum atomic E-state index is 5.79. The highest BCUT2D eigenvalue weighted by Crippen LogP contribution is 2.33. The summed E-state index contributed by atoms with van der Waals surface area (Å²) >= 11 is 0. The van der Waals surface area contributed by atoms with Gasteiger partial charge in [-0.1, -0.05) is 60.7 Å².